The molecule has 1 N–H and O–H groups in total. The molecule has 1 aromatic rings. The Balaban J connectivity index is 2.13. The van der Waals surface area contributed by atoms with Crippen LogP contribution < -0.4 is 5.32 Å². The molecule has 0 unspecified atom stereocenters. The lowest BCUT2D eigenvalue weighted by molar-refractivity contribution is 0.0303. The minimum Gasteiger partial charge on any atom is -0.378 e. The maximum atomic E-state index is 12.4. The molecule has 1 fully saturated rings. The molecule has 104 valence electrons. The van der Waals surface area contributed by atoms with Gasteiger partial charge in [0, 0.05) is 30.9 Å². The van der Waals surface area contributed by atoms with Gasteiger partial charge in [-0.15, -0.1) is 0 Å². The van der Waals surface area contributed by atoms with Gasteiger partial charge in [0.25, 0.3) is 5.91 Å². The third kappa shape index (κ3) is 3.67. The minimum atomic E-state index is 0.0633. The number of rotatable bonds is 4. The third-order valence-electron chi connectivity index (χ3n) is 3.05. The van der Waals surface area contributed by atoms with Crippen LogP contribution in [0.1, 0.15) is 29.4 Å². The molecule has 0 radical (unpaired) electrons. The largest absolute Gasteiger partial charge is 0.378 e. The molecule has 0 saturated carbocycles. The van der Waals surface area contributed by atoms with Gasteiger partial charge < -0.3 is 15.0 Å². The fourth-order valence-electron chi connectivity index (χ4n) is 2.08. The Kier molecular flexibility index (Phi) is 4.74. The summed E-state index contributed by atoms with van der Waals surface area (Å²) in [5.41, 5.74) is 1.56. The number of aryl methyl sites for hydroxylation is 1. The maximum absolute atomic E-state index is 12.4. The van der Waals surface area contributed by atoms with E-state index in [0.29, 0.717) is 31.9 Å². The highest BCUT2D eigenvalue weighted by Crippen LogP contribution is 2.13. The first kappa shape index (κ1) is 13.8. The van der Waals surface area contributed by atoms with Crippen LogP contribution in [0.25, 0.3) is 0 Å². The summed E-state index contributed by atoms with van der Waals surface area (Å²) in [6, 6.07) is 3.68. The summed E-state index contributed by atoms with van der Waals surface area (Å²) in [6.45, 7) is 7.45. The molecule has 0 aliphatic carbocycles. The number of morpholine rings is 1. The van der Waals surface area contributed by atoms with Crippen molar-refractivity contribution < 1.29 is 9.53 Å². The van der Waals surface area contributed by atoms with E-state index in [9.17, 15) is 4.79 Å². The molecule has 1 aromatic heterocycles. The Hall–Kier alpha value is -1.62. The first-order valence-corrected chi connectivity index (χ1v) is 6.80. The van der Waals surface area contributed by atoms with Gasteiger partial charge in [-0.05, 0) is 25.5 Å². The number of anilines is 1. The normalized spacial score (nSPS) is 15.4. The Labute approximate surface area is 114 Å². The summed E-state index contributed by atoms with van der Waals surface area (Å²) in [4.78, 5) is 18.6. The predicted molar refractivity (Wildman–Crippen MR) is 74.5 cm³/mol. The van der Waals surface area contributed by atoms with Crippen LogP contribution in [0.5, 0.6) is 0 Å². The summed E-state index contributed by atoms with van der Waals surface area (Å²) in [5, 5.41) is 3.23. The van der Waals surface area contributed by atoms with Crippen LogP contribution >= 0.6 is 0 Å². The summed E-state index contributed by atoms with van der Waals surface area (Å²) in [5.74, 6) is 0.840. The van der Waals surface area contributed by atoms with Crippen molar-refractivity contribution in [3.05, 3.63) is 23.4 Å². The van der Waals surface area contributed by atoms with E-state index in [2.05, 4.69) is 17.2 Å². The molecule has 1 saturated heterocycles. The maximum Gasteiger partial charge on any atom is 0.254 e. The van der Waals surface area contributed by atoms with Gasteiger partial charge in [-0.1, -0.05) is 6.92 Å². The predicted octanol–water partition coefficient (Wildman–Crippen LogP) is 1.68. The number of carbonyl (C=O) groups excluding carboxylic acids is 1. The van der Waals surface area contributed by atoms with Crippen LogP contribution in [0, 0.1) is 6.92 Å². The van der Waals surface area contributed by atoms with Gasteiger partial charge in [0.1, 0.15) is 5.82 Å². The van der Waals surface area contributed by atoms with Crippen LogP contribution in [0.2, 0.25) is 0 Å². The first-order chi connectivity index (χ1) is 9.20. The molecule has 0 bridgehead atoms. The van der Waals surface area contributed by atoms with E-state index < -0.39 is 0 Å². The van der Waals surface area contributed by atoms with Crippen molar-refractivity contribution in [3.63, 3.8) is 0 Å². The summed E-state index contributed by atoms with van der Waals surface area (Å²) in [6.07, 6.45) is 1.03. The number of carbonyl (C=O) groups is 1. The zero-order chi connectivity index (χ0) is 13.7. The van der Waals surface area contributed by atoms with E-state index in [-0.39, 0.29) is 5.91 Å². The topological polar surface area (TPSA) is 54.5 Å². The number of ether oxygens (including phenoxy) is 1. The zero-order valence-corrected chi connectivity index (χ0v) is 11.6. The van der Waals surface area contributed by atoms with Crippen molar-refractivity contribution >= 4 is 11.7 Å². The number of hydrogen-bond acceptors (Lipinski definition) is 4. The van der Waals surface area contributed by atoms with Gasteiger partial charge in [0.2, 0.25) is 0 Å². The number of aromatic nitrogens is 1. The molecule has 19 heavy (non-hydrogen) atoms. The molecular formula is C14H21N3O2. The molecule has 2 rings (SSSR count). The van der Waals surface area contributed by atoms with E-state index in [4.69, 9.17) is 4.74 Å². The Bertz CT molecular complexity index is 442. The molecule has 0 spiro atoms. The quantitative estimate of drug-likeness (QED) is 0.898. The van der Waals surface area contributed by atoms with Crippen LogP contribution in [-0.4, -0.2) is 48.6 Å². The fraction of sp³-hybridized carbons (Fsp3) is 0.571. The molecule has 2 heterocycles. The lowest BCUT2D eigenvalue weighted by Gasteiger charge is -2.27. The number of nitrogens with one attached hydrogen (secondary N) is 1. The van der Waals surface area contributed by atoms with Gasteiger partial charge in [-0.3, -0.25) is 4.79 Å². The second-order valence-corrected chi connectivity index (χ2v) is 4.71. The molecule has 1 aliphatic rings. The smallest absolute Gasteiger partial charge is 0.254 e. The SMILES string of the molecule is CCCNc1cc(C(=O)N2CCOCC2)cc(C)n1. The number of amides is 1. The highest BCUT2D eigenvalue weighted by Gasteiger charge is 2.19. The standard InChI is InChI=1S/C14H21N3O2/c1-3-4-15-13-10-12(9-11(2)16-13)14(18)17-5-7-19-8-6-17/h9-10H,3-8H2,1-2H3,(H,15,16). The van der Waals surface area contributed by atoms with Crippen molar-refractivity contribution in [1.82, 2.24) is 9.88 Å². The highest BCUT2D eigenvalue weighted by atomic mass is 16.5. The van der Waals surface area contributed by atoms with Crippen molar-refractivity contribution in [2.75, 3.05) is 38.2 Å². The first-order valence-electron chi connectivity index (χ1n) is 6.80. The average Bonchev–Trinajstić information content (AvgIpc) is 2.44. The van der Waals surface area contributed by atoms with E-state index in [0.717, 1.165) is 24.5 Å². The molecule has 0 aromatic carbocycles. The van der Waals surface area contributed by atoms with Crippen molar-refractivity contribution in [2.24, 2.45) is 0 Å². The van der Waals surface area contributed by atoms with Crippen LogP contribution in [0.3, 0.4) is 0 Å². The lowest BCUT2D eigenvalue weighted by atomic mass is 10.2. The Morgan fingerprint density at radius 3 is 2.84 bits per heavy atom. The van der Waals surface area contributed by atoms with Crippen LogP contribution in [0.15, 0.2) is 12.1 Å². The van der Waals surface area contributed by atoms with Gasteiger partial charge in [0.15, 0.2) is 0 Å². The van der Waals surface area contributed by atoms with Crippen LogP contribution in [-0.2, 0) is 4.74 Å². The molecule has 5 heteroatoms. The fourth-order valence-corrected chi connectivity index (χ4v) is 2.08. The summed E-state index contributed by atoms with van der Waals surface area (Å²) < 4.78 is 5.27. The number of pyridine rings is 1. The molecular weight excluding hydrogens is 242 g/mol. The average molecular weight is 263 g/mol. The third-order valence-corrected chi connectivity index (χ3v) is 3.05. The molecule has 0 atom stereocenters. The van der Waals surface area contributed by atoms with E-state index >= 15 is 0 Å². The minimum absolute atomic E-state index is 0.0633. The second-order valence-electron chi connectivity index (χ2n) is 4.71. The number of hydrogen-bond donors (Lipinski definition) is 1. The second kappa shape index (κ2) is 6.52. The molecule has 5 nitrogen and oxygen atoms in total. The Morgan fingerprint density at radius 2 is 2.16 bits per heavy atom. The van der Waals surface area contributed by atoms with E-state index in [1.165, 1.54) is 0 Å². The summed E-state index contributed by atoms with van der Waals surface area (Å²) >= 11 is 0. The van der Waals surface area contributed by atoms with E-state index in [1.54, 1.807) is 0 Å². The Morgan fingerprint density at radius 1 is 1.42 bits per heavy atom. The molecule has 1 amide bonds. The molecule has 1 aliphatic heterocycles. The van der Waals surface area contributed by atoms with Gasteiger partial charge in [-0.2, -0.15) is 0 Å². The van der Waals surface area contributed by atoms with E-state index in [1.807, 2.05) is 24.0 Å². The van der Waals surface area contributed by atoms with Gasteiger partial charge in [-0.25, -0.2) is 4.98 Å². The van der Waals surface area contributed by atoms with Gasteiger partial charge >= 0.3 is 0 Å². The van der Waals surface area contributed by atoms with Crippen molar-refractivity contribution in [1.29, 1.82) is 0 Å². The summed E-state index contributed by atoms with van der Waals surface area (Å²) in [7, 11) is 0. The van der Waals surface area contributed by atoms with Crippen molar-refractivity contribution in [3.8, 4) is 0 Å². The zero-order valence-electron chi connectivity index (χ0n) is 11.6. The van der Waals surface area contributed by atoms with Gasteiger partial charge in [0.05, 0.1) is 13.2 Å². The highest BCUT2D eigenvalue weighted by molar-refractivity contribution is 5.95. The number of nitrogens with zero attached hydrogens (tertiary/aromatic N) is 2. The monoisotopic (exact) mass is 263 g/mol. The van der Waals surface area contributed by atoms with Crippen LogP contribution in [0.4, 0.5) is 5.82 Å². The van der Waals surface area contributed by atoms with Crippen molar-refractivity contribution in [2.45, 2.75) is 20.3 Å². The lowest BCUT2D eigenvalue weighted by Crippen LogP contribution is -2.40.